The summed E-state index contributed by atoms with van der Waals surface area (Å²) in [5.74, 6) is 0.784. The molecular weight excluding hydrogens is 428 g/mol. The Morgan fingerprint density at radius 1 is 1.17 bits per heavy atom. The molecule has 3 heterocycles. The van der Waals surface area contributed by atoms with Crippen LogP contribution in [0.2, 0.25) is 5.02 Å². The van der Waals surface area contributed by atoms with Gasteiger partial charge in [0.05, 0.1) is 25.0 Å². The molecule has 1 N–H and O–H groups in total. The van der Waals surface area contributed by atoms with Crippen LogP contribution in [0.1, 0.15) is 50.0 Å². The summed E-state index contributed by atoms with van der Waals surface area (Å²) in [7, 11) is -3.39. The monoisotopic (exact) mass is 456 g/mol. The Hall–Kier alpha value is -1.35. The summed E-state index contributed by atoms with van der Waals surface area (Å²) in [5.41, 5.74) is 0.983. The number of piperidine rings is 1. The number of carbonyl (C=O) groups excluding carboxylic acids is 1. The minimum absolute atomic E-state index is 0.103. The molecule has 166 valence electrons. The lowest BCUT2D eigenvalue weighted by Crippen LogP contribution is -2.59. The van der Waals surface area contributed by atoms with Gasteiger partial charge in [-0.15, -0.1) is 0 Å². The highest BCUT2D eigenvalue weighted by Gasteiger charge is 2.37. The van der Waals surface area contributed by atoms with Gasteiger partial charge >= 0.3 is 0 Å². The number of hydrogen-bond acceptors (Lipinski definition) is 5. The highest BCUT2D eigenvalue weighted by Crippen LogP contribution is 2.42. The van der Waals surface area contributed by atoms with E-state index < -0.39 is 10.0 Å². The molecule has 0 radical (unpaired) electrons. The Labute approximate surface area is 183 Å². The van der Waals surface area contributed by atoms with Crippen LogP contribution in [0, 0.1) is 0 Å². The highest BCUT2D eigenvalue weighted by molar-refractivity contribution is 7.88. The number of amides is 1. The fourth-order valence-corrected chi connectivity index (χ4v) is 6.14. The van der Waals surface area contributed by atoms with Gasteiger partial charge in [-0.3, -0.25) is 4.79 Å². The van der Waals surface area contributed by atoms with Crippen molar-refractivity contribution < 1.29 is 22.7 Å². The van der Waals surface area contributed by atoms with Crippen LogP contribution in [0.5, 0.6) is 5.75 Å². The lowest BCUT2D eigenvalue weighted by molar-refractivity contribution is -0.140. The van der Waals surface area contributed by atoms with E-state index in [0.29, 0.717) is 30.3 Å². The van der Waals surface area contributed by atoms with E-state index in [1.54, 1.807) is 4.90 Å². The van der Waals surface area contributed by atoms with Crippen molar-refractivity contribution in [1.29, 1.82) is 0 Å². The van der Waals surface area contributed by atoms with Crippen LogP contribution in [-0.4, -0.2) is 63.4 Å². The summed E-state index contributed by atoms with van der Waals surface area (Å²) in [5, 5.41) is 0.674. The lowest BCUT2D eigenvalue weighted by atomic mass is 9.82. The molecule has 1 amide bonds. The molecule has 7 nitrogen and oxygen atoms in total. The van der Waals surface area contributed by atoms with Crippen LogP contribution in [0.3, 0.4) is 0 Å². The minimum Gasteiger partial charge on any atom is -0.483 e. The standard InChI is InChI=1S/C21H29ClN2O5S/c1-30(26,27)23-17-5-3-11-24-18(17)12-28-15-9-7-14(8-10-15)21-16(22)4-2-6-19(21)29-13-20(24)25/h2,4,6,14-15,17-18,23H,3,5,7-13H2,1H3/t14?,15?,17-,18?/m0/s1. The van der Waals surface area contributed by atoms with E-state index in [0.717, 1.165) is 43.9 Å². The number of sulfonamides is 1. The van der Waals surface area contributed by atoms with Crippen molar-refractivity contribution >= 4 is 27.5 Å². The van der Waals surface area contributed by atoms with Gasteiger partial charge < -0.3 is 14.4 Å². The molecule has 3 aliphatic heterocycles. The first kappa shape index (κ1) is 21.9. The van der Waals surface area contributed by atoms with Gasteiger partial charge in [-0.05, 0) is 56.6 Å². The van der Waals surface area contributed by atoms with Gasteiger partial charge in [0.1, 0.15) is 5.75 Å². The van der Waals surface area contributed by atoms with E-state index in [2.05, 4.69) is 4.72 Å². The van der Waals surface area contributed by atoms with Crippen LogP contribution in [0.25, 0.3) is 0 Å². The second kappa shape index (κ2) is 9.02. The van der Waals surface area contributed by atoms with Gasteiger partial charge in [-0.1, -0.05) is 17.7 Å². The maximum Gasteiger partial charge on any atom is 0.260 e. The number of benzene rings is 1. The van der Waals surface area contributed by atoms with Crippen molar-refractivity contribution in [3.8, 4) is 5.75 Å². The number of fused-ring (bicyclic) bond motifs is 5. The molecule has 1 saturated carbocycles. The minimum atomic E-state index is -3.39. The van der Waals surface area contributed by atoms with E-state index in [9.17, 15) is 13.2 Å². The van der Waals surface area contributed by atoms with E-state index in [1.807, 2.05) is 18.2 Å². The lowest BCUT2D eigenvalue weighted by Gasteiger charge is -2.41. The molecule has 30 heavy (non-hydrogen) atoms. The molecule has 1 aliphatic carbocycles. The molecule has 2 fully saturated rings. The van der Waals surface area contributed by atoms with Gasteiger partial charge in [0, 0.05) is 23.2 Å². The molecule has 4 aliphatic rings. The summed E-state index contributed by atoms with van der Waals surface area (Å²) in [4.78, 5) is 14.8. The number of hydrogen-bond donors (Lipinski definition) is 1. The molecule has 0 spiro atoms. The van der Waals surface area contributed by atoms with Gasteiger partial charge in [-0.25, -0.2) is 13.1 Å². The average Bonchev–Trinajstić information content (AvgIpc) is 2.71. The van der Waals surface area contributed by atoms with Gasteiger partial charge in [0.2, 0.25) is 10.0 Å². The predicted octanol–water partition coefficient (Wildman–Crippen LogP) is 2.68. The van der Waals surface area contributed by atoms with E-state index >= 15 is 0 Å². The topological polar surface area (TPSA) is 84.9 Å². The number of rotatable bonds is 2. The van der Waals surface area contributed by atoms with E-state index in [4.69, 9.17) is 21.1 Å². The molecule has 9 heteroatoms. The molecule has 0 aromatic heterocycles. The number of carbonyl (C=O) groups is 1. The zero-order chi connectivity index (χ0) is 21.3. The highest BCUT2D eigenvalue weighted by atomic mass is 35.5. The summed E-state index contributed by atoms with van der Waals surface area (Å²) in [6.45, 7) is 0.779. The summed E-state index contributed by atoms with van der Waals surface area (Å²) in [6.07, 6.45) is 6.35. The smallest absolute Gasteiger partial charge is 0.260 e. The molecule has 2 bridgehead atoms. The Morgan fingerprint density at radius 3 is 2.67 bits per heavy atom. The molecule has 1 unspecified atom stereocenters. The molecule has 1 saturated heterocycles. The Morgan fingerprint density at radius 2 is 1.93 bits per heavy atom. The first-order valence-electron chi connectivity index (χ1n) is 10.6. The summed E-state index contributed by atoms with van der Waals surface area (Å²) < 4.78 is 38.7. The first-order chi connectivity index (χ1) is 14.3. The maximum atomic E-state index is 13.1. The average molecular weight is 457 g/mol. The quantitative estimate of drug-likeness (QED) is 0.739. The zero-order valence-corrected chi connectivity index (χ0v) is 18.8. The van der Waals surface area contributed by atoms with E-state index in [1.165, 1.54) is 0 Å². The fourth-order valence-electron chi connectivity index (χ4n) is 5.00. The molecule has 5 rings (SSSR count). The number of halogens is 1. The normalized spacial score (nSPS) is 30.3. The molecular formula is C21H29ClN2O5S. The van der Waals surface area contributed by atoms with Crippen LogP contribution in [0.15, 0.2) is 18.2 Å². The largest absolute Gasteiger partial charge is 0.483 e. The second-order valence-corrected chi connectivity index (χ2v) is 10.7. The van der Waals surface area contributed by atoms with E-state index in [-0.39, 0.29) is 36.6 Å². The second-order valence-electron chi connectivity index (χ2n) is 8.54. The zero-order valence-electron chi connectivity index (χ0n) is 17.2. The third-order valence-corrected chi connectivity index (χ3v) is 7.47. The predicted molar refractivity (Wildman–Crippen MR) is 114 cm³/mol. The summed E-state index contributed by atoms with van der Waals surface area (Å²) in [6, 6.07) is 4.88. The first-order valence-corrected chi connectivity index (χ1v) is 12.9. The number of nitrogens with one attached hydrogen (secondary N) is 1. The van der Waals surface area contributed by atoms with Gasteiger partial charge in [-0.2, -0.15) is 0 Å². The fraction of sp³-hybridized carbons (Fsp3) is 0.667. The third kappa shape index (κ3) is 4.93. The SMILES string of the molecule is CS(=O)(=O)N[C@H]1CCCN2C(=O)COc3cccc(Cl)c3C3CCC(CC3)OCC12. The summed E-state index contributed by atoms with van der Waals surface area (Å²) >= 11 is 6.51. The van der Waals surface area contributed by atoms with Crippen molar-refractivity contribution in [2.24, 2.45) is 0 Å². The van der Waals surface area contributed by atoms with Crippen LogP contribution < -0.4 is 9.46 Å². The van der Waals surface area contributed by atoms with Crippen molar-refractivity contribution in [2.75, 3.05) is 26.0 Å². The molecule has 2 atom stereocenters. The maximum absolute atomic E-state index is 13.1. The number of ether oxygens (including phenoxy) is 2. The van der Waals surface area contributed by atoms with Crippen molar-refractivity contribution in [2.45, 2.75) is 62.6 Å². The van der Waals surface area contributed by atoms with Crippen molar-refractivity contribution in [3.63, 3.8) is 0 Å². The Balaban J connectivity index is 1.63. The molecule has 1 aromatic carbocycles. The van der Waals surface area contributed by atoms with Crippen LogP contribution in [-0.2, 0) is 19.6 Å². The number of nitrogens with zero attached hydrogens (tertiary/aromatic N) is 1. The Bertz CT molecular complexity index is 885. The third-order valence-electron chi connectivity index (χ3n) is 6.41. The van der Waals surface area contributed by atoms with Crippen molar-refractivity contribution in [1.82, 2.24) is 9.62 Å². The molecule has 1 aromatic rings. The van der Waals surface area contributed by atoms with Gasteiger partial charge in [0.15, 0.2) is 6.61 Å². The van der Waals surface area contributed by atoms with Crippen LogP contribution in [0.4, 0.5) is 0 Å². The van der Waals surface area contributed by atoms with Gasteiger partial charge in [0.25, 0.3) is 5.91 Å². The Kier molecular flexibility index (Phi) is 6.58. The van der Waals surface area contributed by atoms with Crippen LogP contribution >= 0.6 is 11.6 Å². The van der Waals surface area contributed by atoms with Crippen molar-refractivity contribution in [3.05, 3.63) is 28.8 Å².